The molecule has 2 saturated heterocycles. The second-order valence-electron chi connectivity index (χ2n) is 6.48. The van der Waals surface area contributed by atoms with E-state index in [9.17, 15) is 4.79 Å². The van der Waals surface area contributed by atoms with Crippen LogP contribution >= 0.6 is 12.4 Å². The van der Waals surface area contributed by atoms with Gasteiger partial charge in [-0.05, 0) is 38.1 Å². The molecule has 0 aliphatic carbocycles. The summed E-state index contributed by atoms with van der Waals surface area (Å²) in [4.78, 5) is 14.6. The van der Waals surface area contributed by atoms with Gasteiger partial charge in [0.05, 0.1) is 5.41 Å². The molecule has 1 atom stereocenters. The summed E-state index contributed by atoms with van der Waals surface area (Å²) in [5.74, 6) is 0.366. The number of rotatable bonds is 1. The molecule has 2 rings (SSSR count). The van der Waals surface area contributed by atoms with Crippen LogP contribution in [0.15, 0.2) is 0 Å². The number of piperidine rings is 1. The smallest absolute Gasteiger partial charge is 0.229 e. The number of halogens is 1. The van der Waals surface area contributed by atoms with Crippen molar-refractivity contribution in [2.75, 3.05) is 26.2 Å². The van der Waals surface area contributed by atoms with E-state index in [1.807, 2.05) is 0 Å². The van der Waals surface area contributed by atoms with Gasteiger partial charge in [0.2, 0.25) is 5.91 Å². The van der Waals surface area contributed by atoms with Crippen molar-refractivity contribution >= 4 is 18.3 Å². The Labute approximate surface area is 111 Å². The van der Waals surface area contributed by atoms with Gasteiger partial charge in [0, 0.05) is 19.6 Å². The van der Waals surface area contributed by atoms with Crippen molar-refractivity contribution < 1.29 is 4.79 Å². The summed E-state index contributed by atoms with van der Waals surface area (Å²) in [5, 5.41) is 3.31. The zero-order valence-electron chi connectivity index (χ0n) is 11.2. The maximum atomic E-state index is 12.5. The Balaban J connectivity index is 0.00000144. The minimum atomic E-state index is -0.145. The van der Waals surface area contributed by atoms with E-state index in [1.54, 1.807) is 0 Å². The van der Waals surface area contributed by atoms with E-state index < -0.39 is 0 Å². The van der Waals surface area contributed by atoms with Gasteiger partial charge in [0.1, 0.15) is 0 Å². The highest BCUT2D eigenvalue weighted by Crippen LogP contribution is 2.33. The number of nitrogens with zero attached hydrogens (tertiary/aromatic N) is 1. The average Bonchev–Trinajstić information content (AvgIpc) is 2.64. The van der Waals surface area contributed by atoms with Crippen LogP contribution in [0.5, 0.6) is 0 Å². The van der Waals surface area contributed by atoms with Gasteiger partial charge in [-0.25, -0.2) is 0 Å². The fourth-order valence-electron chi connectivity index (χ4n) is 2.98. The first-order valence-electron chi connectivity index (χ1n) is 6.43. The highest BCUT2D eigenvalue weighted by Gasteiger charge is 2.41. The SMILES string of the molecule is CC1(C)CCCN(C(=O)C2(C)CCNC2)C1.Cl. The minimum Gasteiger partial charge on any atom is -0.342 e. The van der Waals surface area contributed by atoms with Gasteiger partial charge in [-0.3, -0.25) is 4.79 Å². The summed E-state index contributed by atoms with van der Waals surface area (Å²) >= 11 is 0. The van der Waals surface area contributed by atoms with Crippen molar-refractivity contribution in [1.29, 1.82) is 0 Å². The molecule has 1 unspecified atom stereocenters. The quantitative estimate of drug-likeness (QED) is 0.783. The lowest BCUT2D eigenvalue weighted by Crippen LogP contribution is -2.50. The molecule has 0 saturated carbocycles. The predicted molar refractivity (Wildman–Crippen MR) is 72.4 cm³/mol. The lowest BCUT2D eigenvalue weighted by atomic mass is 9.81. The van der Waals surface area contributed by atoms with Crippen LogP contribution in [0, 0.1) is 10.8 Å². The number of carbonyl (C=O) groups excluding carboxylic acids is 1. The van der Waals surface area contributed by atoms with Crippen LogP contribution in [0.25, 0.3) is 0 Å². The summed E-state index contributed by atoms with van der Waals surface area (Å²) in [7, 11) is 0. The summed E-state index contributed by atoms with van der Waals surface area (Å²) in [6, 6.07) is 0. The van der Waals surface area contributed by atoms with Gasteiger partial charge in [0.25, 0.3) is 0 Å². The van der Waals surface area contributed by atoms with E-state index in [4.69, 9.17) is 0 Å². The molecule has 2 aliphatic heterocycles. The first kappa shape index (κ1) is 14.8. The Morgan fingerprint density at radius 2 is 1.94 bits per heavy atom. The van der Waals surface area contributed by atoms with Crippen LogP contribution in [0.3, 0.4) is 0 Å². The highest BCUT2D eigenvalue weighted by atomic mass is 35.5. The van der Waals surface area contributed by atoms with Crippen LogP contribution in [0.2, 0.25) is 0 Å². The first-order chi connectivity index (χ1) is 7.43. The Morgan fingerprint density at radius 1 is 1.24 bits per heavy atom. The second kappa shape index (κ2) is 5.15. The minimum absolute atomic E-state index is 0. The van der Waals surface area contributed by atoms with Crippen LogP contribution in [-0.4, -0.2) is 37.0 Å². The fourth-order valence-corrected chi connectivity index (χ4v) is 2.98. The number of hydrogen-bond donors (Lipinski definition) is 1. The van der Waals surface area contributed by atoms with Crippen molar-refractivity contribution in [3.8, 4) is 0 Å². The Kier molecular flexibility index (Phi) is 4.48. The molecule has 0 radical (unpaired) electrons. The van der Waals surface area contributed by atoms with Crippen LogP contribution in [-0.2, 0) is 4.79 Å². The summed E-state index contributed by atoms with van der Waals surface area (Å²) in [6.45, 7) is 10.4. The van der Waals surface area contributed by atoms with Crippen LogP contribution < -0.4 is 5.32 Å². The number of carbonyl (C=O) groups is 1. The van der Waals surface area contributed by atoms with Gasteiger partial charge >= 0.3 is 0 Å². The molecule has 0 aromatic heterocycles. The van der Waals surface area contributed by atoms with Crippen molar-refractivity contribution in [2.45, 2.75) is 40.0 Å². The van der Waals surface area contributed by atoms with Gasteiger partial charge in [-0.2, -0.15) is 0 Å². The van der Waals surface area contributed by atoms with Gasteiger partial charge in [-0.15, -0.1) is 12.4 Å². The molecule has 3 nitrogen and oxygen atoms in total. The van der Waals surface area contributed by atoms with E-state index in [2.05, 4.69) is 31.0 Å². The summed E-state index contributed by atoms with van der Waals surface area (Å²) < 4.78 is 0. The van der Waals surface area contributed by atoms with Gasteiger partial charge in [-0.1, -0.05) is 13.8 Å². The standard InChI is InChI=1S/C13H24N2O.ClH/c1-12(2)5-4-8-15(10-12)11(16)13(3)6-7-14-9-13;/h14H,4-10H2,1-3H3;1H. The molecule has 0 spiro atoms. The van der Waals surface area contributed by atoms with E-state index >= 15 is 0 Å². The van der Waals surface area contributed by atoms with Crippen LogP contribution in [0.1, 0.15) is 40.0 Å². The molecular weight excluding hydrogens is 236 g/mol. The largest absolute Gasteiger partial charge is 0.342 e. The number of likely N-dealkylation sites (tertiary alicyclic amines) is 1. The molecule has 1 N–H and O–H groups in total. The molecule has 100 valence electrons. The normalized spacial score (nSPS) is 32.1. The van der Waals surface area contributed by atoms with E-state index in [0.717, 1.165) is 39.0 Å². The maximum Gasteiger partial charge on any atom is 0.229 e. The van der Waals surface area contributed by atoms with Gasteiger partial charge in [0.15, 0.2) is 0 Å². The van der Waals surface area contributed by atoms with E-state index in [1.165, 1.54) is 6.42 Å². The second-order valence-corrected chi connectivity index (χ2v) is 6.48. The van der Waals surface area contributed by atoms with E-state index in [0.29, 0.717) is 11.3 Å². The molecule has 0 aromatic carbocycles. The molecule has 0 bridgehead atoms. The van der Waals surface area contributed by atoms with Crippen molar-refractivity contribution in [2.24, 2.45) is 10.8 Å². The van der Waals surface area contributed by atoms with Crippen molar-refractivity contribution in [1.82, 2.24) is 10.2 Å². The first-order valence-corrected chi connectivity index (χ1v) is 6.43. The Morgan fingerprint density at radius 3 is 2.47 bits per heavy atom. The highest BCUT2D eigenvalue weighted by molar-refractivity contribution is 5.85. The molecule has 4 heteroatoms. The fraction of sp³-hybridized carbons (Fsp3) is 0.923. The van der Waals surface area contributed by atoms with Gasteiger partial charge < -0.3 is 10.2 Å². The number of amides is 1. The molecule has 2 heterocycles. The zero-order valence-corrected chi connectivity index (χ0v) is 12.0. The molecule has 2 fully saturated rings. The lowest BCUT2D eigenvalue weighted by molar-refractivity contribution is -0.143. The monoisotopic (exact) mass is 260 g/mol. The predicted octanol–water partition coefficient (Wildman–Crippen LogP) is 2.06. The average molecular weight is 261 g/mol. The number of nitrogens with one attached hydrogen (secondary N) is 1. The maximum absolute atomic E-state index is 12.5. The molecule has 0 aromatic rings. The Bertz CT molecular complexity index is 285. The third-order valence-electron chi connectivity index (χ3n) is 4.07. The molecule has 17 heavy (non-hydrogen) atoms. The van der Waals surface area contributed by atoms with Crippen molar-refractivity contribution in [3.05, 3.63) is 0 Å². The molecular formula is C13H25ClN2O. The van der Waals surface area contributed by atoms with Crippen LogP contribution in [0.4, 0.5) is 0 Å². The molecule has 2 aliphatic rings. The topological polar surface area (TPSA) is 32.3 Å². The van der Waals surface area contributed by atoms with Crippen molar-refractivity contribution in [3.63, 3.8) is 0 Å². The summed E-state index contributed by atoms with van der Waals surface area (Å²) in [6.07, 6.45) is 3.39. The molecule has 1 amide bonds. The third-order valence-corrected chi connectivity index (χ3v) is 4.07. The lowest BCUT2D eigenvalue weighted by Gasteiger charge is -2.41. The third kappa shape index (κ3) is 3.14. The zero-order chi connectivity index (χ0) is 11.8. The van der Waals surface area contributed by atoms with E-state index in [-0.39, 0.29) is 17.8 Å². The summed E-state index contributed by atoms with van der Waals surface area (Å²) in [5.41, 5.74) is 0.156. The number of hydrogen-bond acceptors (Lipinski definition) is 2. The Hall–Kier alpha value is -0.280.